The highest BCUT2D eigenvalue weighted by atomic mass is 16.5. The van der Waals surface area contributed by atoms with Gasteiger partial charge in [0.15, 0.2) is 11.5 Å². The number of hydrogen-bond acceptors (Lipinski definition) is 5. The first-order chi connectivity index (χ1) is 9.13. The first-order valence-electron chi connectivity index (χ1n) is 6.64. The highest BCUT2D eigenvalue weighted by Crippen LogP contribution is 2.30. The molecule has 1 aromatic heterocycles. The molecule has 1 heterocycles. The number of rotatable bonds is 8. The molecular weight excluding hydrogens is 242 g/mol. The van der Waals surface area contributed by atoms with Gasteiger partial charge < -0.3 is 15.2 Å². The molecule has 0 atom stereocenters. The molecule has 0 aliphatic heterocycles. The van der Waals surface area contributed by atoms with Gasteiger partial charge in [0.2, 0.25) is 0 Å². The third-order valence-electron chi connectivity index (χ3n) is 3.10. The second-order valence-corrected chi connectivity index (χ2v) is 4.70. The zero-order chi connectivity index (χ0) is 14.3. The first kappa shape index (κ1) is 15.7. The van der Waals surface area contributed by atoms with Crippen LogP contribution in [-0.2, 0) is 6.54 Å². The molecule has 19 heavy (non-hydrogen) atoms. The third kappa shape index (κ3) is 4.36. The summed E-state index contributed by atoms with van der Waals surface area (Å²) in [7, 11) is 3.28. The van der Waals surface area contributed by atoms with Gasteiger partial charge >= 0.3 is 0 Å². The number of ether oxygens (including phenoxy) is 2. The molecule has 0 fully saturated rings. The number of hydrogen-bond donors (Lipinski definition) is 1. The molecule has 0 aromatic carbocycles. The average Bonchev–Trinajstić information content (AvgIpc) is 2.42. The fourth-order valence-electron chi connectivity index (χ4n) is 1.97. The summed E-state index contributed by atoms with van der Waals surface area (Å²) >= 11 is 0. The second-order valence-electron chi connectivity index (χ2n) is 4.70. The van der Waals surface area contributed by atoms with Crippen molar-refractivity contribution in [1.82, 2.24) is 9.88 Å². The Hall–Kier alpha value is -1.33. The minimum atomic E-state index is 0.434. The topological polar surface area (TPSA) is 60.6 Å². The molecule has 0 saturated carbocycles. The van der Waals surface area contributed by atoms with Crippen molar-refractivity contribution >= 4 is 0 Å². The van der Waals surface area contributed by atoms with Crippen molar-refractivity contribution in [2.45, 2.75) is 32.9 Å². The van der Waals surface area contributed by atoms with E-state index in [1.165, 1.54) is 0 Å². The fourth-order valence-corrected chi connectivity index (χ4v) is 1.97. The summed E-state index contributed by atoms with van der Waals surface area (Å²) in [5.41, 5.74) is 6.48. The van der Waals surface area contributed by atoms with Gasteiger partial charge in [0.05, 0.1) is 14.2 Å². The van der Waals surface area contributed by atoms with Crippen LogP contribution in [-0.4, -0.2) is 43.2 Å². The molecule has 0 saturated heterocycles. The maximum Gasteiger partial charge on any atom is 0.183 e. The summed E-state index contributed by atoms with van der Waals surface area (Å²) in [4.78, 5) is 6.74. The number of nitrogens with zero attached hydrogens (tertiary/aromatic N) is 2. The van der Waals surface area contributed by atoms with Crippen molar-refractivity contribution in [2.24, 2.45) is 5.73 Å². The van der Waals surface area contributed by atoms with Gasteiger partial charge in [-0.1, -0.05) is 0 Å². The molecule has 0 bridgehead atoms. The monoisotopic (exact) mass is 267 g/mol. The van der Waals surface area contributed by atoms with E-state index in [-0.39, 0.29) is 0 Å². The molecule has 0 unspecified atom stereocenters. The van der Waals surface area contributed by atoms with E-state index in [2.05, 4.69) is 23.7 Å². The molecule has 2 N–H and O–H groups in total. The van der Waals surface area contributed by atoms with Crippen LogP contribution in [0.15, 0.2) is 12.3 Å². The zero-order valence-corrected chi connectivity index (χ0v) is 12.3. The Bertz CT molecular complexity index is 383. The van der Waals surface area contributed by atoms with Crippen LogP contribution in [0.1, 0.15) is 26.0 Å². The van der Waals surface area contributed by atoms with E-state index in [0.717, 1.165) is 31.0 Å². The van der Waals surface area contributed by atoms with E-state index >= 15 is 0 Å². The Labute approximate surface area is 115 Å². The summed E-state index contributed by atoms with van der Waals surface area (Å²) in [5.74, 6) is 1.43. The third-order valence-corrected chi connectivity index (χ3v) is 3.10. The lowest BCUT2D eigenvalue weighted by molar-refractivity contribution is 0.205. The minimum absolute atomic E-state index is 0.434. The second kappa shape index (κ2) is 7.96. The van der Waals surface area contributed by atoms with Gasteiger partial charge in [0, 0.05) is 31.4 Å². The maximum atomic E-state index is 5.59. The van der Waals surface area contributed by atoms with E-state index in [0.29, 0.717) is 18.3 Å². The fraction of sp³-hybridized carbons (Fsp3) is 0.643. The molecule has 1 aromatic rings. The Morgan fingerprint density at radius 1 is 1.32 bits per heavy atom. The Morgan fingerprint density at radius 2 is 2.05 bits per heavy atom. The van der Waals surface area contributed by atoms with E-state index < -0.39 is 0 Å². The van der Waals surface area contributed by atoms with Gasteiger partial charge in [-0.3, -0.25) is 9.88 Å². The molecule has 5 heteroatoms. The Morgan fingerprint density at radius 3 is 2.58 bits per heavy atom. The molecule has 0 amide bonds. The van der Waals surface area contributed by atoms with Gasteiger partial charge in [0.1, 0.15) is 5.69 Å². The number of aromatic nitrogens is 1. The smallest absolute Gasteiger partial charge is 0.183 e. The minimum Gasteiger partial charge on any atom is -0.493 e. The van der Waals surface area contributed by atoms with Crippen LogP contribution in [0.2, 0.25) is 0 Å². The standard InChI is InChI=1S/C14H25N3O2/c1-11(2)17(9-5-7-15)10-12-14(19-4)13(18-3)6-8-16-12/h6,8,11H,5,7,9-10,15H2,1-4H3. The zero-order valence-electron chi connectivity index (χ0n) is 12.3. The maximum absolute atomic E-state index is 5.59. The molecule has 0 aliphatic rings. The van der Waals surface area contributed by atoms with Crippen LogP contribution in [0.4, 0.5) is 0 Å². The van der Waals surface area contributed by atoms with Gasteiger partial charge in [-0.05, 0) is 26.8 Å². The van der Waals surface area contributed by atoms with Crippen LogP contribution in [0.25, 0.3) is 0 Å². The molecule has 1 rings (SSSR count). The lowest BCUT2D eigenvalue weighted by Crippen LogP contribution is -2.32. The summed E-state index contributed by atoms with van der Waals surface area (Å²) in [5, 5.41) is 0. The Kier molecular flexibility index (Phi) is 6.59. The van der Waals surface area contributed by atoms with Crippen molar-refractivity contribution in [3.05, 3.63) is 18.0 Å². The van der Waals surface area contributed by atoms with Crippen LogP contribution >= 0.6 is 0 Å². The van der Waals surface area contributed by atoms with Crippen LogP contribution in [0, 0.1) is 0 Å². The summed E-state index contributed by atoms with van der Waals surface area (Å²) in [6.07, 6.45) is 2.72. The van der Waals surface area contributed by atoms with Crippen molar-refractivity contribution in [2.75, 3.05) is 27.3 Å². The predicted octanol–water partition coefficient (Wildman–Crippen LogP) is 1.66. The van der Waals surface area contributed by atoms with Gasteiger partial charge in [-0.2, -0.15) is 0 Å². The number of pyridine rings is 1. The van der Waals surface area contributed by atoms with Crippen molar-refractivity contribution in [3.8, 4) is 11.5 Å². The number of methoxy groups -OCH3 is 2. The lowest BCUT2D eigenvalue weighted by atomic mass is 10.2. The van der Waals surface area contributed by atoms with E-state index in [1.807, 2.05) is 6.07 Å². The van der Waals surface area contributed by atoms with Crippen molar-refractivity contribution in [3.63, 3.8) is 0 Å². The molecule has 0 spiro atoms. The lowest BCUT2D eigenvalue weighted by Gasteiger charge is -2.26. The van der Waals surface area contributed by atoms with Gasteiger partial charge in [-0.25, -0.2) is 0 Å². The van der Waals surface area contributed by atoms with E-state index in [1.54, 1.807) is 20.4 Å². The van der Waals surface area contributed by atoms with Crippen molar-refractivity contribution < 1.29 is 9.47 Å². The predicted molar refractivity (Wildman–Crippen MR) is 76.6 cm³/mol. The number of nitrogens with two attached hydrogens (primary N) is 1. The molecule has 0 radical (unpaired) electrons. The van der Waals surface area contributed by atoms with E-state index in [9.17, 15) is 0 Å². The van der Waals surface area contributed by atoms with Crippen LogP contribution < -0.4 is 15.2 Å². The molecule has 108 valence electrons. The van der Waals surface area contributed by atoms with Crippen LogP contribution in [0.5, 0.6) is 11.5 Å². The summed E-state index contributed by atoms with van der Waals surface area (Å²) in [6.45, 7) is 6.73. The van der Waals surface area contributed by atoms with E-state index in [4.69, 9.17) is 15.2 Å². The van der Waals surface area contributed by atoms with Gasteiger partial charge in [0.25, 0.3) is 0 Å². The SMILES string of the molecule is COc1ccnc(CN(CCCN)C(C)C)c1OC. The highest BCUT2D eigenvalue weighted by molar-refractivity contribution is 5.42. The molecular formula is C14H25N3O2. The largest absolute Gasteiger partial charge is 0.493 e. The summed E-state index contributed by atoms with van der Waals surface area (Å²) in [6, 6.07) is 2.24. The van der Waals surface area contributed by atoms with Crippen molar-refractivity contribution in [1.29, 1.82) is 0 Å². The van der Waals surface area contributed by atoms with Gasteiger partial charge in [-0.15, -0.1) is 0 Å². The summed E-state index contributed by atoms with van der Waals surface area (Å²) < 4.78 is 10.7. The first-order valence-corrected chi connectivity index (χ1v) is 6.64. The molecule has 5 nitrogen and oxygen atoms in total. The quantitative estimate of drug-likeness (QED) is 0.776. The normalized spacial score (nSPS) is 11.1. The average molecular weight is 267 g/mol. The Balaban J connectivity index is 2.89. The molecule has 0 aliphatic carbocycles. The van der Waals surface area contributed by atoms with Crippen LogP contribution in [0.3, 0.4) is 0 Å². The highest BCUT2D eigenvalue weighted by Gasteiger charge is 2.16.